The van der Waals surface area contributed by atoms with E-state index < -0.39 is 23.2 Å². The van der Waals surface area contributed by atoms with Gasteiger partial charge in [-0.1, -0.05) is 26.8 Å². The van der Waals surface area contributed by atoms with E-state index in [9.17, 15) is 18.7 Å². The van der Waals surface area contributed by atoms with Gasteiger partial charge in [0.1, 0.15) is 11.6 Å². The molecule has 1 aromatic carbocycles. The Balaban J connectivity index is 2.66. The Bertz CT molecular complexity index is 441. The molecule has 18 heavy (non-hydrogen) atoms. The third kappa shape index (κ3) is 3.77. The van der Waals surface area contributed by atoms with Crippen molar-refractivity contribution in [1.29, 1.82) is 0 Å². The number of benzene rings is 1. The van der Waals surface area contributed by atoms with Crippen molar-refractivity contribution < 1.29 is 18.7 Å². The Kier molecular flexibility index (Phi) is 4.40. The van der Waals surface area contributed by atoms with E-state index in [4.69, 9.17) is 0 Å². The average Bonchev–Trinajstić information content (AvgIpc) is 2.24. The van der Waals surface area contributed by atoms with Crippen LogP contribution in [0.1, 0.15) is 32.4 Å². The molecule has 3 nitrogen and oxygen atoms in total. The number of rotatable bonds is 3. The summed E-state index contributed by atoms with van der Waals surface area (Å²) in [7, 11) is 0. The van der Waals surface area contributed by atoms with Gasteiger partial charge in [0.2, 0.25) is 5.91 Å². The Labute approximate surface area is 105 Å². The summed E-state index contributed by atoms with van der Waals surface area (Å²) in [5.41, 5.74) is -0.619. The first-order chi connectivity index (χ1) is 8.21. The average molecular weight is 257 g/mol. The van der Waals surface area contributed by atoms with Crippen LogP contribution in [0.3, 0.4) is 0 Å². The van der Waals surface area contributed by atoms with Gasteiger partial charge >= 0.3 is 0 Å². The smallest absolute Gasteiger partial charge is 0.225 e. The molecular weight excluding hydrogens is 240 g/mol. The molecule has 1 rings (SSSR count). The van der Waals surface area contributed by atoms with E-state index in [-0.39, 0.29) is 18.0 Å². The molecule has 0 bridgehead atoms. The van der Waals surface area contributed by atoms with Crippen molar-refractivity contribution in [2.75, 3.05) is 6.54 Å². The third-order valence-electron chi connectivity index (χ3n) is 2.46. The molecule has 0 spiro atoms. The summed E-state index contributed by atoms with van der Waals surface area (Å²) in [6.45, 7) is 5.08. The van der Waals surface area contributed by atoms with E-state index in [0.29, 0.717) is 6.07 Å². The maximum Gasteiger partial charge on any atom is 0.225 e. The van der Waals surface area contributed by atoms with Crippen molar-refractivity contribution in [3.63, 3.8) is 0 Å². The number of carbonyl (C=O) groups excluding carboxylic acids is 1. The van der Waals surface area contributed by atoms with Crippen LogP contribution >= 0.6 is 0 Å². The van der Waals surface area contributed by atoms with Crippen LogP contribution in [0.25, 0.3) is 0 Å². The first-order valence-corrected chi connectivity index (χ1v) is 5.63. The maximum absolute atomic E-state index is 13.3. The van der Waals surface area contributed by atoms with Gasteiger partial charge in [0.25, 0.3) is 0 Å². The largest absolute Gasteiger partial charge is 0.386 e. The van der Waals surface area contributed by atoms with E-state index in [1.165, 1.54) is 6.07 Å². The molecule has 100 valence electrons. The Hall–Kier alpha value is -1.49. The second kappa shape index (κ2) is 5.44. The normalized spacial score (nSPS) is 13.2. The lowest BCUT2D eigenvalue weighted by atomic mass is 9.95. The zero-order valence-electron chi connectivity index (χ0n) is 10.6. The molecule has 1 atom stereocenters. The lowest BCUT2D eigenvalue weighted by Gasteiger charge is -2.19. The fourth-order valence-corrected chi connectivity index (χ4v) is 1.34. The van der Waals surface area contributed by atoms with Crippen LogP contribution in [0.5, 0.6) is 0 Å². The van der Waals surface area contributed by atoms with Gasteiger partial charge in [0, 0.05) is 23.6 Å². The fourth-order valence-electron chi connectivity index (χ4n) is 1.34. The van der Waals surface area contributed by atoms with Gasteiger partial charge in [-0.3, -0.25) is 4.79 Å². The van der Waals surface area contributed by atoms with Crippen molar-refractivity contribution in [3.05, 3.63) is 35.4 Å². The van der Waals surface area contributed by atoms with E-state index in [0.717, 1.165) is 6.07 Å². The summed E-state index contributed by atoms with van der Waals surface area (Å²) >= 11 is 0. The summed E-state index contributed by atoms with van der Waals surface area (Å²) in [4.78, 5) is 11.6. The highest BCUT2D eigenvalue weighted by molar-refractivity contribution is 5.81. The minimum Gasteiger partial charge on any atom is -0.386 e. The zero-order chi connectivity index (χ0) is 13.9. The van der Waals surface area contributed by atoms with Crippen LogP contribution in [0, 0.1) is 17.0 Å². The number of carbonyl (C=O) groups is 1. The predicted molar refractivity (Wildman–Crippen MR) is 63.8 cm³/mol. The van der Waals surface area contributed by atoms with Crippen molar-refractivity contribution in [3.8, 4) is 0 Å². The molecule has 0 heterocycles. The summed E-state index contributed by atoms with van der Waals surface area (Å²) in [5.74, 6) is -1.78. The van der Waals surface area contributed by atoms with Gasteiger partial charge in [-0.15, -0.1) is 0 Å². The van der Waals surface area contributed by atoms with Crippen LogP contribution in [0.15, 0.2) is 18.2 Å². The van der Waals surface area contributed by atoms with Crippen LogP contribution in [0.4, 0.5) is 8.78 Å². The third-order valence-corrected chi connectivity index (χ3v) is 2.46. The number of aliphatic hydroxyl groups excluding tert-OH is 1. The molecule has 0 aliphatic carbocycles. The number of amides is 1. The van der Waals surface area contributed by atoms with Crippen molar-refractivity contribution in [1.82, 2.24) is 5.32 Å². The first kappa shape index (κ1) is 14.6. The Morgan fingerprint density at radius 2 is 2.00 bits per heavy atom. The standard InChI is InChI=1S/C13H17F2NO2/c1-13(2,3)12(18)16-7-11(17)9-5-4-8(14)6-10(9)15/h4-6,11,17H,7H2,1-3H3,(H,16,18). The lowest BCUT2D eigenvalue weighted by molar-refractivity contribution is -0.129. The summed E-state index contributed by atoms with van der Waals surface area (Å²) in [6, 6.07) is 2.93. The quantitative estimate of drug-likeness (QED) is 0.871. The van der Waals surface area contributed by atoms with Crippen molar-refractivity contribution in [2.45, 2.75) is 26.9 Å². The summed E-state index contributed by atoms with van der Waals surface area (Å²) in [5, 5.41) is 12.2. The molecule has 2 N–H and O–H groups in total. The van der Waals surface area contributed by atoms with Gasteiger partial charge in [0.15, 0.2) is 0 Å². The molecule has 0 aromatic heterocycles. The zero-order valence-corrected chi connectivity index (χ0v) is 10.6. The first-order valence-electron chi connectivity index (χ1n) is 5.63. The summed E-state index contributed by atoms with van der Waals surface area (Å²) in [6.07, 6.45) is -1.20. The lowest BCUT2D eigenvalue weighted by Crippen LogP contribution is -2.37. The number of aliphatic hydroxyl groups is 1. The highest BCUT2D eigenvalue weighted by atomic mass is 19.1. The van der Waals surface area contributed by atoms with Crippen LogP contribution in [-0.2, 0) is 4.79 Å². The van der Waals surface area contributed by atoms with Crippen molar-refractivity contribution in [2.24, 2.45) is 5.41 Å². The molecule has 0 aliphatic heterocycles. The molecule has 1 amide bonds. The molecule has 0 fully saturated rings. The van der Waals surface area contributed by atoms with Crippen LogP contribution in [-0.4, -0.2) is 17.6 Å². The van der Waals surface area contributed by atoms with Crippen LogP contribution < -0.4 is 5.32 Å². The van der Waals surface area contributed by atoms with E-state index in [1.54, 1.807) is 20.8 Å². The molecule has 0 radical (unpaired) electrons. The molecule has 5 heteroatoms. The van der Waals surface area contributed by atoms with E-state index in [2.05, 4.69) is 5.32 Å². The summed E-state index contributed by atoms with van der Waals surface area (Å²) < 4.78 is 26.0. The molecule has 0 saturated carbocycles. The maximum atomic E-state index is 13.3. The molecule has 0 saturated heterocycles. The fraction of sp³-hybridized carbons (Fsp3) is 0.462. The van der Waals surface area contributed by atoms with Gasteiger partial charge in [-0.25, -0.2) is 8.78 Å². The molecule has 1 aromatic rings. The second-order valence-corrected chi connectivity index (χ2v) is 5.14. The minimum absolute atomic E-state index is 0.0365. The topological polar surface area (TPSA) is 49.3 Å². The van der Waals surface area contributed by atoms with E-state index in [1.807, 2.05) is 0 Å². The monoisotopic (exact) mass is 257 g/mol. The second-order valence-electron chi connectivity index (χ2n) is 5.14. The molecular formula is C13H17F2NO2. The van der Waals surface area contributed by atoms with Gasteiger partial charge in [0.05, 0.1) is 6.10 Å². The highest BCUT2D eigenvalue weighted by Gasteiger charge is 2.22. The van der Waals surface area contributed by atoms with Gasteiger partial charge < -0.3 is 10.4 Å². The number of nitrogens with one attached hydrogen (secondary N) is 1. The van der Waals surface area contributed by atoms with E-state index >= 15 is 0 Å². The Morgan fingerprint density at radius 1 is 1.39 bits per heavy atom. The Morgan fingerprint density at radius 3 is 2.50 bits per heavy atom. The van der Waals surface area contributed by atoms with Gasteiger partial charge in [-0.2, -0.15) is 0 Å². The minimum atomic E-state index is -1.20. The van der Waals surface area contributed by atoms with Crippen molar-refractivity contribution >= 4 is 5.91 Å². The number of halogens is 2. The van der Waals surface area contributed by atoms with Gasteiger partial charge in [-0.05, 0) is 6.07 Å². The number of hydrogen-bond acceptors (Lipinski definition) is 2. The number of hydrogen-bond donors (Lipinski definition) is 2. The SMILES string of the molecule is CC(C)(C)C(=O)NCC(O)c1ccc(F)cc1F. The predicted octanol–water partition coefficient (Wildman–Crippen LogP) is 2.16. The van der Waals surface area contributed by atoms with Crippen LogP contribution in [0.2, 0.25) is 0 Å². The molecule has 0 aliphatic rings. The highest BCUT2D eigenvalue weighted by Crippen LogP contribution is 2.18. The molecule has 1 unspecified atom stereocenters.